The molecule has 1 heterocycles. The topological polar surface area (TPSA) is 12.0 Å². The SMILES string of the molecule is CSC1CCCCC1NC(C)c1cccs1. The highest BCUT2D eigenvalue weighted by atomic mass is 32.2. The number of hydrogen-bond acceptors (Lipinski definition) is 3. The molecule has 90 valence electrons. The summed E-state index contributed by atoms with van der Waals surface area (Å²) in [5.41, 5.74) is 0. The van der Waals surface area contributed by atoms with Crippen LogP contribution in [0.1, 0.15) is 43.5 Å². The molecule has 2 rings (SSSR count). The molecule has 3 heteroatoms. The fourth-order valence-electron chi connectivity index (χ4n) is 2.51. The maximum atomic E-state index is 3.81. The third-order valence-electron chi connectivity index (χ3n) is 3.44. The van der Waals surface area contributed by atoms with Crippen LogP contribution in [0, 0.1) is 0 Å². The van der Waals surface area contributed by atoms with Crippen LogP contribution in [0.4, 0.5) is 0 Å². The number of thioether (sulfide) groups is 1. The van der Waals surface area contributed by atoms with Gasteiger partial charge in [0.15, 0.2) is 0 Å². The van der Waals surface area contributed by atoms with Crippen LogP contribution in [0.5, 0.6) is 0 Å². The Bertz CT molecular complexity index is 297. The maximum Gasteiger partial charge on any atom is 0.0388 e. The van der Waals surface area contributed by atoms with Crippen molar-refractivity contribution < 1.29 is 0 Å². The summed E-state index contributed by atoms with van der Waals surface area (Å²) >= 11 is 3.89. The van der Waals surface area contributed by atoms with E-state index in [-0.39, 0.29) is 0 Å². The minimum atomic E-state index is 0.512. The molecule has 1 N–H and O–H groups in total. The third-order valence-corrected chi connectivity index (χ3v) is 5.66. The van der Waals surface area contributed by atoms with Crippen LogP contribution in [-0.4, -0.2) is 17.5 Å². The molecule has 3 unspecified atom stereocenters. The van der Waals surface area contributed by atoms with Gasteiger partial charge in [0.25, 0.3) is 0 Å². The normalized spacial score (nSPS) is 27.9. The van der Waals surface area contributed by atoms with Gasteiger partial charge in [0.1, 0.15) is 0 Å². The van der Waals surface area contributed by atoms with E-state index in [1.54, 1.807) is 0 Å². The second-order valence-electron chi connectivity index (χ2n) is 4.57. The molecule has 1 aromatic heterocycles. The zero-order valence-corrected chi connectivity index (χ0v) is 11.7. The molecule has 1 aliphatic carbocycles. The summed E-state index contributed by atoms with van der Waals surface area (Å²) in [4.78, 5) is 1.46. The summed E-state index contributed by atoms with van der Waals surface area (Å²) < 4.78 is 0. The summed E-state index contributed by atoms with van der Waals surface area (Å²) in [5.74, 6) is 0. The lowest BCUT2D eigenvalue weighted by Crippen LogP contribution is -2.41. The van der Waals surface area contributed by atoms with Crippen LogP contribution < -0.4 is 5.32 Å². The van der Waals surface area contributed by atoms with Gasteiger partial charge >= 0.3 is 0 Å². The molecule has 16 heavy (non-hydrogen) atoms. The van der Waals surface area contributed by atoms with Crippen LogP contribution in [0.15, 0.2) is 17.5 Å². The highest BCUT2D eigenvalue weighted by molar-refractivity contribution is 7.99. The van der Waals surface area contributed by atoms with Gasteiger partial charge in [0.05, 0.1) is 0 Å². The monoisotopic (exact) mass is 255 g/mol. The second-order valence-corrected chi connectivity index (χ2v) is 6.63. The molecular weight excluding hydrogens is 234 g/mol. The van der Waals surface area contributed by atoms with Gasteiger partial charge in [-0.1, -0.05) is 18.9 Å². The predicted octanol–water partition coefficient (Wildman–Crippen LogP) is 4.07. The molecule has 0 saturated heterocycles. The summed E-state index contributed by atoms with van der Waals surface area (Å²) in [5, 5.41) is 6.79. The van der Waals surface area contributed by atoms with Crippen LogP contribution in [0.25, 0.3) is 0 Å². The van der Waals surface area contributed by atoms with Crippen molar-refractivity contribution in [3.8, 4) is 0 Å². The molecule has 0 amide bonds. The van der Waals surface area contributed by atoms with Crippen molar-refractivity contribution in [3.05, 3.63) is 22.4 Å². The second kappa shape index (κ2) is 6.08. The first-order chi connectivity index (χ1) is 7.81. The molecule has 0 spiro atoms. The zero-order valence-electron chi connectivity index (χ0n) is 10.1. The van der Waals surface area contributed by atoms with Crippen molar-refractivity contribution in [2.45, 2.75) is 49.9 Å². The molecule has 1 aromatic rings. The summed E-state index contributed by atoms with van der Waals surface area (Å²) in [6, 6.07) is 5.60. The molecule has 0 bridgehead atoms. The third kappa shape index (κ3) is 3.02. The first-order valence-corrected chi connectivity index (χ1v) is 8.30. The molecule has 0 aromatic carbocycles. The van der Waals surface area contributed by atoms with Crippen molar-refractivity contribution in [3.63, 3.8) is 0 Å². The molecule has 1 nitrogen and oxygen atoms in total. The average molecular weight is 255 g/mol. The van der Waals surface area contributed by atoms with Crippen molar-refractivity contribution in [1.82, 2.24) is 5.32 Å². The molecule has 1 saturated carbocycles. The van der Waals surface area contributed by atoms with Crippen molar-refractivity contribution in [2.75, 3.05) is 6.26 Å². The Labute approximate surface area is 107 Å². The van der Waals surface area contributed by atoms with Gasteiger partial charge in [-0.25, -0.2) is 0 Å². The van der Waals surface area contributed by atoms with Crippen LogP contribution in [-0.2, 0) is 0 Å². The summed E-state index contributed by atoms with van der Waals surface area (Å²) in [6.45, 7) is 2.29. The standard InChI is InChI=1S/C13H21NS2/c1-10(12-8-5-9-16-12)14-11-6-3-4-7-13(11)15-2/h5,8-11,13-14H,3-4,6-7H2,1-2H3. The number of hydrogen-bond donors (Lipinski definition) is 1. The molecule has 0 radical (unpaired) electrons. The molecule has 3 atom stereocenters. The summed E-state index contributed by atoms with van der Waals surface area (Å²) in [6.07, 6.45) is 7.79. The van der Waals surface area contributed by atoms with Gasteiger partial charge in [0.2, 0.25) is 0 Å². The number of thiophene rings is 1. The van der Waals surface area contributed by atoms with E-state index >= 15 is 0 Å². The minimum absolute atomic E-state index is 0.512. The van der Waals surface area contributed by atoms with Gasteiger partial charge in [-0.3, -0.25) is 0 Å². The Morgan fingerprint density at radius 1 is 1.44 bits per heavy atom. The highest BCUT2D eigenvalue weighted by Gasteiger charge is 2.25. The lowest BCUT2D eigenvalue weighted by Gasteiger charge is -2.33. The highest BCUT2D eigenvalue weighted by Crippen LogP contribution is 2.29. The molecule has 0 aliphatic heterocycles. The quantitative estimate of drug-likeness (QED) is 0.870. The Balaban J connectivity index is 1.92. The lowest BCUT2D eigenvalue weighted by atomic mass is 9.94. The van der Waals surface area contributed by atoms with Crippen LogP contribution in [0.3, 0.4) is 0 Å². The van der Waals surface area contributed by atoms with E-state index in [1.807, 2.05) is 23.1 Å². The number of nitrogens with one attached hydrogen (secondary N) is 1. The Morgan fingerprint density at radius 2 is 2.25 bits per heavy atom. The van der Waals surface area contributed by atoms with E-state index in [4.69, 9.17) is 0 Å². The Hall–Kier alpha value is 0.01000. The van der Waals surface area contributed by atoms with Gasteiger partial charge in [-0.05, 0) is 37.5 Å². The predicted molar refractivity (Wildman–Crippen MR) is 75.4 cm³/mol. The average Bonchev–Trinajstić information content (AvgIpc) is 2.83. The van der Waals surface area contributed by atoms with E-state index in [0.717, 1.165) is 5.25 Å². The first kappa shape index (κ1) is 12.5. The molecule has 1 aliphatic rings. The van der Waals surface area contributed by atoms with Gasteiger partial charge in [-0.2, -0.15) is 11.8 Å². The first-order valence-electron chi connectivity index (χ1n) is 6.13. The van der Waals surface area contributed by atoms with Crippen LogP contribution in [0.2, 0.25) is 0 Å². The number of rotatable bonds is 4. The Morgan fingerprint density at radius 3 is 2.94 bits per heavy atom. The smallest absolute Gasteiger partial charge is 0.0388 e. The van der Waals surface area contributed by atoms with Gasteiger partial charge in [-0.15, -0.1) is 11.3 Å². The van der Waals surface area contributed by atoms with Crippen LogP contribution >= 0.6 is 23.1 Å². The fraction of sp³-hybridized carbons (Fsp3) is 0.692. The van der Waals surface area contributed by atoms with Crippen molar-refractivity contribution in [2.24, 2.45) is 0 Å². The van der Waals surface area contributed by atoms with E-state index in [1.165, 1.54) is 30.6 Å². The van der Waals surface area contributed by atoms with Gasteiger partial charge < -0.3 is 5.32 Å². The van der Waals surface area contributed by atoms with E-state index < -0.39 is 0 Å². The summed E-state index contributed by atoms with van der Waals surface area (Å²) in [7, 11) is 0. The maximum absolute atomic E-state index is 3.81. The fourth-order valence-corrected chi connectivity index (χ4v) is 4.20. The Kier molecular flexibility index (Phi) is 4.74. The van der Waals surface area contributed by atoms with Gasteiger partial charge in [0, 0.05) is 22.2 Å². The molecule has 1 fully saturated rings. The van der Waals surface area contributed by atoms with Crippen molar-refractivity contribution in [1.29, 1.82) is 0 Å². The van der Waals surface area contributed by atoms with E-state index in [2.05, 4.69) is 36.0 Å². The largest absolute Gasteiger partial charge is 0.306 e. The zero-order chi connectivity index (χ0) is 11.4. The lowest BCUT2D eigenvalue weighted by molar-refractivity contribution is 0.358. The van der Waals surface area contributed by atoms with E-state index in [9.17, 15) is 0 Å². The minimum Gasteiger partial charge on any atom is -0.306 e. The van der Waals surface area contributed by atoms with E-state index in [0.29, 0.717) is 12.1 Å². The van der Waals surface area contributed by atoms with Crippen molar-refractivity contribution >= 4 is 23.1 Å². The molecular formula is C13H21NS2.